The quantitative estimate of drug-likeness (QED) is 0.770. The molecule has 1 aromatic carbocycles. The van der Waals surface area contributed by atoms with Crippen molar-refractivity contribution in [2.24, 2.45) is 0 Å². The van der Waals surface area contributed by atoms with Crippen molar-refractivity contribution < 1.29 is 9.47 Å². The molecular weight excluding hydrogens is 274 g/mol. The van der Waals surface area contributed by atoms with Crippen molar-refractivity contribution in [1.29, 1.82) is 0 Å². The number of nitrogens with zero attached hydrogens (tertiary/aromatic N) is 1. The van der Waals surface area contributed by atoms with Crippen molar-refractivity contribution in [3.63, 3.8) is 0 Å². The summed E-state index contributed by atoms with van der Waals surface area (Å²) in [7, 11) is 1.76. The summed E-state index contributed by atoms with van der Waals surface area (Å²) in [5.74, 6) is 0. The highest BCUT2D eigenvalue weighted by atomic mass is 35.5. The summed E-state index contributed by atoms with van der Waals surface area (Å²) in [5.41, 5.74) is 1.03. The fourth-order valence-corrected chi connectivity index (χ4v) is 2.73. The summed E-state index contributed by atoms with van der Waals surface area (Å²) in [4.78, 5) is 2.47. The molecule has 0 aromatic heterocycles. The van der Waals surface area contributed by atoms with Crippen molar-refractivity contribution in [2.45, 2.75) is 32.0 Å². The Balaban J connectivity index is 1.72. The first-order valence-corrected chi connectivity index (χ1v) is 7.73. The Hall–Kier alpha value is -0.610. The van der Waals surface area contributed by atoms with Crippen molar-refractivity contribution >= 4 is 11.6 Å². The van der Waals surface area contributed by atoms with E-state index in [1.165, 1.54) is 32.4 Å². The predicted octanol–water partition coefficient (Wildman–Crippen LogP) is 3.36. The molecule has 3 nitrogen and oxygen atoms in total. The average Bonchev–Trinajstić information content (AvgIpc) is 2.49. The predicted molar refractivity (Wildman–Crippen MR) is 82.2 cm³/mol. The summed E-state index contributed by atoms with van der Waals surface area (Å²) in [6.07, 6.45) is 4.10. The molecule has 4 heteroatoms. The van der Waals surface area contributed by atoms with Crippen LogP contribution in [0.5, 0.6) is 0 Å². The van der Waals surface area contributed by atoms with Crippen LogP contribution in [0.15, 0.2) is 24.3 Å². The van der Waals surface area contributed by atoms with Crippen LogP contribution in [0.3, 0.4) is 0 Å². The van der Waals surface area contributed by atoms with Crippen LogP contribution >= 0.6 is 11.6 Å². The summed E-state index contributed by atoms with van der Waals surface area (Å²) in [6.45, 7) is 4.48. The molecule has 1 unspecified atom stereocenters. The standard InChI is InChI=1S/C16H24ClNO2/c1-19-15(11-18-9-5-2-6-10-18)13-20-12-14-7-3-4-8-16(14)17/h3-4,7-8,15H,2,5-6,9-13H2,1H3. The van der Waals surface area contributed by atoms with Gasteiger partial charge in [0, 0.05) is 18.7 Å². The Morgan fingerprint density at radius 3 is 2.65 bits per heavy atom. The van der Waals surface area contributed by atoms with Crippen molar-refractivity contribution in [2.75, 3.05) is 33.4 Å². The number of rotatable bonds is 7. The minimum absolute atomic E-state index is 0.135. The molecule has 0 N–H and O–H groups in total. The smallest absolute Gasteiger partial charge is 0.0931 e. The first-order chi connectivity index (χ1) is 9.79. The molecule has 1 aromatic rings. The van der Waals surface area contributed by atoms with Crippen LogP contribution in [0.1, 0.15) is 24.8 Å². The number of methoxy groups -OCH3 is 1. The van der Waals surface area contributed by atoms with Gasteiger partial charge < -0.3 is 14.4 Å². The van der Waals surface area contributed by atoms with Crippen molar-refractivity contribution in [1.82, 2.24) is 4.90 Å². The lowest BCUT2D eigenvalue weighted by molar-refractivity contribution is -0.0174. The Labute approximate surface area is 126 Å². The molecule has 0 saturated carbocycles. The van der Waals surface area contributed by atoms with Crippen LogP contribution in [0.4, 0.5) is 0 Å². The van der Waals surface area contributed by atoms with E-state index in [-0.39, 0.29) is 6.10 Å². The zero-order valence-electron chi connectivity index (χ0n) is 12.2. The van der Waals surface area contributed by atoms with Crippen LogP contribution in [0, 0.1) is 0 Å². The Bertz CT molecular complexity index is 394. The summed E-state index contributed by atoms with van der Waals surface area (Å²) < 4.78 is 11.3. The minimum atomic E-state index is 0.135. The van der Waals surface area contributed by atoms with E-state index in [4.69, 9.17) is 21.1 Å². The lowest BCUT2D eigenvalue weighted by Gasteiger charge is -2.29. The van der Waals surface area contributed by atoms with E-state index in [0.717, 1.165) is 17.1 Å². The van der Waals surface area contributed by atoms with Gasteiger partial charge in [0.05, 0.1) is 19.3 Å². The van der Waals surface area contributed by atoms with Gasteiger partial charge in [-0.1, -0.05) is 36.2 Å². The second-order valence-corrected chi connectivity index (χ2v) is 5.73. The SMILES string of the molecule is COC(COCc1ccccc1Cl)CN1CCCCC1. The highest BCUT2D eigenvalue weighted by molar-refractivity contribution is 6.31. The fourth-order valence-electron chi connectivity index (χ4n) is 2.54. The maximum Gasteiger partial charge on any atom is 0.0931 e. The molecule has 0 bridgehead atoms. The fraction of sp³-hybridized carbons (Fsp3) is 0.625. The second-order valence-electron chi connectivity index (χ2n) is 5.33. The molecule has 0 radical (unpaired) electrons. The van der Waals surface area contributed by atoms with E-state index in [9.17, 15) is 0 Å². The number of hydrogen-bond acceptors (Lipinski definition) is 3. The lowest BCUT2D eigenvalue weighted by atomic mass is 10.1. The van der Waals surface area contributed by atoms with Gasteiger partial charge in [-0.25, -0.2) is 0 Å². The summed E-state index contributed by atoms with van der Waals surface area (Å²) in [5, 5.41) is 0.762. The van der Waals surface area contributed by atoms with Crippen LogP contribution in [-0.4, -0.2) is 44.4 Å². The van der Waals surface area contributed by atoms with Crippen LogP contribution in [0.25, 0.3) is 0 Å². The maximum absolute atomic E-state index is 6.11. The highest BCUT2D eigenvalue weighted by Crippen LogP contribution is 2.16. The van der Waals surface area contributed by atoms with Gasteiger partial charge in [0.2, 0.25) is 0 Å². The summed E-state index contributed by atoms with van der Waals surface area (Å²) >= 11 is 6.11. The first-order valence-electron chi connectivity index (χ1n) is 7.36. The third-order valence-corrected chi connectivity index (χ3v) is 4.13. The Kier molecular flexibility index (Phi) is 6.80. The van der Waals surface area contributed by atoms with Crippen LogP contribution in [-0.2, 0) is 16.1 Å². The van der Waals surface area contributed by atoms with Crippen molar-refractivity contribution in [3.8, 4) is 0 Å². The van der Waals surface area contributed by atoms with Gasteiger partial charge in [-0.05, 0) is 37.6 Å². The van der Waals surface area contributed by atoms with Gasteiger partial charge >= 0.3 is 0 Å². The van der Waals surface area contributed by atoms with E-state index >= 15 is 0 Å². The topological polar surface area (TPSA) is 21.7 Å². The normalized spacial score (nSPS) is 18.1. The minimum Gasteiger partial charge on any atom is -0.378 e. The summed E-state index contributed by atoms with van der Waals surface area (Å²) in [6, 6.07) is 7.79. The monoisotopic (exact) mass is 297 g/mol. The van der Waals surface area contributed by atoms with E-state index in [1.807, 2.05) is 24.3 Å². The van der Waals surface area contributed by atoms with Gasteiger partial charge in [0.15, 0.2) is 0 Å². The lowest BCUT2D eigenvalue weighted by Crippen LogP contribution is -2.39. The molecule has 1 fully saturated rings. The molecule has 2 rings (SSSR count). The highest BCUT2D eigenvalue weighted by Gasteiger charge is 2.16. The number of piperidine rings is 1. The number of likely N-dealkylation sites (tertiary alicyclic amines) is 1. The molecule has 1 aliphatic rings. The zero-order valence-corrected chi connectivity index (χ0v) is 12.9. The van der Waals surface area contributed by atoms with Gasteiger partial charge in [-0.2, -0.15) is 0 Å². The van der Waals surface area contributed by atoms with E-state index < -0.39 is 0 Å². The molecule has 0 amide bonds. The third-order valence-electron chi connectivity index (χ3n) is 3.76. The van der Waals surface area contributed by atoms with Crippen LogP contribution in [0.2, 0.25) is 5.02 Å². The molecule has 20 heavy (non-hydrogen) atoms. The first kappa shape index (κ1) is 15.8. The van der Waals surface area contributed by atoms with E-state index in [0.29, 0.717) is 13.2 Å². The molecule has 1 aliphatic heterocycles. The zero-order chi connectivity index (χ0) is 14.2. The maximum atomic E-state index is 6.11. The third kappa shape index (κ3) is 5.06. The van der Waals surface area contributed by atoms with Crippen LogP contribution < -0.4 is 0 Å². The molecular formula is C16H24ClNO2. The van der Waals surface area contributed by atoms with Gasteiger partial charge in [0.1, 0.15) is 0 Å². The number of hydrogen-bond donors (Lipinski definition) is 0. The molecule has 1 heterocycles. The van der Waals surface area contributed by atoms with E-state index in [2.05, 4.69) is 4.90 Å². The molecule has 112 valence electrons. The number of ether oxygens (including phenoxy) is 2. The number of halogens is 1. The van der Waals surface area contributed by atoms with Gasteiger partial charge in [-0.15, -0.1) is 0 Å². The van der Waals surface area contributed by atoms with Gasteiger partial charge in [-0.3, -0.25) is 0 Å². The Morgan fingerprint density at radius 2 is 1.95 bits per heavy atom. The molecule has 1 saturated heterocycles. The largest absolute Gasteiger partial charge is 0.378 e. The average molecular weight is 298 g/mol. The van der Waals surface area contributed by atoms with Gasteiger partial charge in [0.25, 0.3) is 0 Å². The molecule has 1 atom stereocenters. The Morgan fingerprint density at radius 1 is 1.20 bits per heavy atom. The van der Waals surface area contributed by atoms with Crippen molar-refractivity contribution in [3.05, 3.63) is 34.9 Å². The molecule has 0 spiro atoms. The second kappa shape index (κ2) is 8.63. The number of benzene rings is 1. The van der Waals surface area contributed by atoms with E-state index in [1.54, 1.807) is 7.11 Å². The molecule has 0 aliphatic carbocycles.